The van der Waals surface area contributed by atoms with Crippen LogP contribution in [0.25, 0.3) is 0 Å². The van der Waals surface area contributed by atoms with Gasteiger partial charge in [0.1, 0.15) is 6.54 Å². The van der Waals surface area contributed by atoms with Gasteiger partial charge in [0, 0.05) is 0 Å². The molecule has 0 aliphatic carbocycles. The number of carbonyl (C=O) groups is 2. The molecule has 1 aromatic rings. The SMILES string of the molecule is COC(=O)CN(C(=O)CS)c1c(C)ccc(C)c1C. The van der Waals surface area contributed by atoms with Crippen LogP contribution in [0.15, 0.2) is 12.1 Å². The topological polar surface area (TPSA) is 46.6 Å². The molecule has 0 saturated heterocycles. The van der Waals surface area contributed by atoms with E-state index < -0.39 is 5.97 Å². The van der Waals surface area contributed by atoms with E-state index in [4.69, 9.17) is 0 Å². The second-order valence-electron chi connectivity index (χ2n) is 4.39. The van der Waals surface area contributed by atoms with Gasteiger partial charge in [-0.25, -0.2) is 0 Å². The van der Waals surface area contributed by atoms with Crippen molar-refractivity contribution in [1.82, 2.24) is 0 Å². The Hall–Kier alpha value is -1.49. The van der Waals surface area contributed by atoms with Gasteiger partial charge in [-0.3, -0.25) is 14.5 Å². The Morgan fingerprint density at radius 2 is 1.79 bits per heavy atom. The number of ether oxygens (including phenoxy) is 1. The smallest absolute Gasteiger partial charge is 0.325 e. The predicted octanol–water partition coefficient (Wildman–Crippen LogP) is 2.05. The van der Waals surface area contributed by atoms with Crippen LogP contribution in [0, 0.1) is 20.8 Å². The number of thiol groups is 1. The summed E-state index contributed by atoms with van der Waals surface area (Å²) in [5.41, 5.74) is 3.77. The molecule has 104 valence electrons. The number of amides is 1. The average Bonchev–Trinajstić information content (AvgIpc) is 2.41. The number of anilines is 1. The lowest BCUT2D eigenvalue weighted by molar-refractivity contribution is -0.139. The van der Waals surface area contributed by atoms with Gasteiger partial charge >= 0.3 is 5.97 Å². The number of nitrogens with zero attached hydrogens (tertiary/aromatic N) is 1. The molecule has 5 heteroatoms. The quantitative estimate of drug-likeness (QED) is 0.678. The van der Waals surface area contributed by atoms with E-state index in [1.165, 1.54) is 12.0 Å². The molecule has 0 bridgehead atoms. The highest BCUT2D eigenvalue weighted by atomic mass is 32.1. The Bertz CT molecular complexity index is 500. The highest BCUT2D eigenvalue weighted by Crippen LogP contribution is 2.27. The fraction of sp³-hybridized carbons (Fsp3) is 0.429. The van der Waals surface area contributed by atoms with Crippen LogP contribution in [0.4, 0.5) is 5.69 Å². The van der Waals surface area contributed by atoms with Crippen molar-refractivity contribution in [2.45, 2.75) is 20.8 Å². The maximum absolute atomic E-state index is 12.0. The van der Waals surface area contributed by atoms with Crippen molar-refractivity contribution >= 4 is 30.2 Å². The van der Waals surface area contributed by atoms with Gasteiger partial charge in [-0.2, -0.15) is 12.6 Å². The summed E-state index contributed by atoms with van der Waals surface area (Å²) in [5, 5.41) is 0. The maximum atomic E-state index is 12.0. The van der Waals surface area contributed by atoms with E-state index >= 15 is 0 Å². The Morgan fingerprint density at radius 1 is 1.21 bits per heavy atom. The van der Waals surface area contributed by atoms with Gasteiger partial charge in [0.15, 0.2) is 0 Å². The lowest BCUT2D eigenvalue weighted by Crippen LogP contribution is -2.38. The summed E-state index contributed by atoms with van der Waals surface area (Å²) in [7, 11) is 1.31. The minimum atomic E-state index is -0.449. The summed E-state index contributed by atoms with van der Waals surface area (Å²) in [5.74, 6) is -0.620. The van der Waals surface area contributed by atoms with E-state index in [1.807, 2.05) is 32.9 Å². The first-order valence-corrected chi connectivity index (χ1v) is 6.60. The summed E-state index contributed by atoms with van der Waals surface area (Å²) in [6.45, 7) is 5.73. The summed E-state index contributed by atoms with van der Waals surface area (Å²) in [4.78, 5) is 24.9. The Kier molecular flexibility index (Phi) is 5.42. The van der Waals surface area contributed by atoms with Crippen LogP contribution in [0.5, 0.6) is 0 Å². The molecule has 0 spiro atoms. The van der Waals surface area contributed by atoms with Crippen molar-refractivity contribution in [1.29, 1.82) is 0 Å². The van der Waals surface area contributed by atoms with Crippen LogP contribution in [0.3, 0.4) is 0 Å². The molecule has 0 fully saturated rings. The number of hydrogen-bond donors (Lipinski definition) is 1. The minimum Gasteiger partial charge on any atom is -0.468 e. The molecular weight excluding hydrogens is 262 g/mol. The van der Waals surface area contributed by atoms with Crippen LogP contribution in [-0.4, -0.2) is 31.3 Å². The lowest BCUT2D eigenvalue weighted by Gasteiger charge is -2.25. The molecule has 0 saturated carbocycles. The molecule has 0 N–H and O–H groups in total. The van der Waals surface area contributed by atoms with E-state index in [9.17, 15) is 9.59 Å². The standard InChI is InChI=1S/C14H19NO3S/c1-9-5-6-10(2)14(11(9)3)15(12(16)8-19)7-13(17)18-4/h5-6,19H,7-8H2,1-4H3. The molecule has 0 atom stereocenters. The third kappa shape index (κ3) is 3.50. The van der Waals surface area contributed by atoms with Crippen molar-refractivity contribution in [3.63, 3.8) is 0 Å². The van der Waals surface area contributed by atoms with Crippen LogP contribution in [-0.2, 0) is 14.3 Å². The van der Waals surface area contributed by atoms with Crippen LogP contribution in [0.1, 0.15) is 16.7 Å². The van der Waals surface area contributed by atoms with Crippen LogP contribution in [0.2, 0.25) is 0 Å². The number of hydrogen-bond acceptors (Lipinski definition) is 4. The third-order valence-corrected chi connectivity index (χ3v) is 3.40. The average molecular weight is 281 g/mol. The Labute approximate surface area is 119 Å². The number of methoxy groups -OCH3 is 1. The highest BCUT2D eigenvalue weighted by Gasteiger charge is 2.22. The van der Waals surface area contributed by atoms with Gasteiger partial charge in [-0.15, -0.1) is 0 Å². The predicted molar refractivity (Wildman–Crippen MR) is 78.9 cm³/mol. The molecule has 0 aliphatic rings. The van der Waals surface area contributed by atoms with Crippen LogP contribution < -0.4 is 4.90 Å². The van der Waals surface area contributed by atoms with Gasteiger partial charge in [0.2, 0.25) is 5.91 Å². The van der Waals surface area contributed by atoms with Gasteiger partial charge in [0.25, 0.3) is 0 Å². The second-order valence-corrected chi connectivity index (χ2v) is 4.70. The fourth-order valence-corrected chi connectivity index (χ4v) is 2.09. The van der Waals surface area contributed by atoms with E-state index in [0.29, 0.717) is 0 Å². The molecule has 4 nitrogen and oxygen atoms in total. The fourth-order valence-electron chi connectivity index (χ4n) is 1.92. The largest absolute Gasteiger partial charge is 0.468 e. The molecule has 19 heavy (non-hydrogen) atoms. The van der Waals surface area contributed by atoms with Crippen molar-refractivity contribution in [3.8, 4) is 0 Å². The van der Waals surface area contributed by atoms with Gasteiger partial charge in [-0.1, -0.05) is 12.1 Å². The molecule has 0 heterocycles. The van der Waals surface area contributed by atoms with Crippen molar-refractivity contribution in [2.24, 2.45) is 0 Å². The van der Waals surface area contributed by atoms with Gasteiger partial charge < -0.3 is 4.74 Å². The highest BCUT2D eigenvalue weighted by molar-refractivity contribution is 7.81. The van der Waals surface area contributed by atoms with Crippen molar-refractivity contribution in [3.05, 3.63) is 28.8 Å². The number of carbonyl (C=O) groups excluding carboxylic acids is 2. The van der Waals surface area contributed by atoms with Crippen molar-refractivity contribution < 1.29 is 14.3 Å². The number of benzene rings is 1. The molecule has 1 rings (SSSR count). The molecular formula is C14H19NO3S. The molecule has 0 unspecified atom stereocenters. The second kappa shape index (κ2) is 6.61. The van der Waals surface area contributed by atoms with E-state index in [1.54, 1.807) is 0 Å². The van der Waals surface area contributed by atoms with E-state index in [-0.39, 0.29) is 18.2 Å². The normalized spacial score (nSPS) is 10.2. The summed E-state index contributed by atoms with van der Waals surface area (Å²) < 4.78 is 4.65. The molecule has 0 aliphatic heterocycles. The first-order valence-electron chi connectivity index (χ1n) is 5.97. The van der Waals surface area contributed by atoms with E-state index in [2.05, 4.69) is 17.4 Å². The molecule has 1 aromatic carbocycles. The lowest BCUT2D eigenvalue weighted by atomic mass is 10.0. The summed E-state index contributed by atoms with van der Waals surface area (Å²) >= 11 is 4.01. The van der Waals surface area contributed by atoms with Gasteiger partial charge in [-0.05, 0) is 37.5 Å². The van der Waals surface area contributed by atoms with Crippen molar-refractivity contribution in [2.75, 3.05) is 24.3 Å². The number of aryl methyl sites for hydroxylation is 2. The molecule has 1 amide bonds. The van der Waals surface area contributed by atoms with Crippen LogP contribution >= 0.6 is 12.6 Å². The minimum absolute atomic E-state index is 0.0455. The Balaban J connectivity index is 3.28. The summed E-state index contributed by atoms with van der Waals surface area (Å²) in [6, 6.07) is 3.93. The monoisotopic (exact) mass is 281 g/mol. The maximum Gasteiger partial charge on any atom is 0.325 e. The van der Waals surface area contributed by atoms with E-state index in [0.717, 1.165) is 22.4 Å². The number of rotatable bonds is 4. The zero-order chi connectivity index (χ0) is 14.6. The molecule has 0 aromatic heterocycles. The first-order chi connectivity index (χ1) is 8.92. The van der Waals surface area contributed by atoms with Gasteiger partial charge in [0.05, 0.1) is 18.6 Å². The Morgan fingerprint density at radius 3 is 2.32 bits per heavy atom. The molecule has 0 radical (unpaired) electrons. The summed E-state index contributed by atoms with van der Waals surface area (Å²) in [6.07, 6.45) is 0. The zero-order valence-corrected chi connectivity index (χ0v) is 12.6. The first kappa shape index (κ1) is 15.6. The third-order valence-electron chi connectivity index (χ3n) is 3.12. The zero-order valence-electron chi connectivity index (χ0n) is 11.7. The number of esters is 1.